The van der Waals surface area contributed by atoms with Gasteiger partial charge in [0.2, 0.25) is 0 Å². The van der Waals surface area contributed by atoms with Crippen molar-refractivity contribution in [3.05, 3.63) is 29.3 Å². The molecule has 0 unspecified atom stereocenters. The summed E-state index contributed by atoms with van der Waals surface area (Å²) >= 11 is 0. The summed E-state index contributed by atoms with van der Waals surface area (Å²) in [5.74, 6) is -2.66. The Kier molecular flexibility index (Phi) is 1.75. The molecule has 0 radical (unpaired) electrons. The molecule has 1 heterocycles. The average molecular weight is 183 g/mol. The van der Waals surface area contributed by atoms with Gasteiger partial charge in [-0.05, 0) is 18.6 Å². The fourth-order valence-electron chi connectivity index (χ4n) is 1.61. The highest BCUT2D eigenvalue weighted by molar-refractivity contribution is 5.56. The molecule has 0 spiro atoms. The molecular formula is C10H11F2N. The average Bonchev–Trinajstić information content (AvgIpc) is 2.02. The van der Waals surface area contributed by atoms with Gasteiger partial charge in [0.15, 0.2) is 0 Å². The van der Waals surface area contributed by atoms with E-state index >= 15 is 0 Å². The summed E-state index contributed by atoms with van der Waals surface area (Å²) < 4.78 is 26.6. The molecule has 0 atom stereocenters. The van der Waals surface area contributed by atoms with Crippen LogP contribution in [0.25, 0.3) is 0 Å². The summed E-state index contributed by atoms with van der Waals surface area (Å²) in [5, 5.41) is 2.98. The van der Waals surface area contributed by atoms with Crippen molar-refractivity contribution in [1.29, 1.82) is 0 Å². The van der Waals surface area contributed by atoms with Crippen molar-refractivity contribution in [2.45, 2.75) is 19.3 Å². The van der Waals surface area contributed by atoms with Crippen molar-refractivity contribution in [2.75, 3.05) is 11.9 Å². The first-order valence-corrected chi connectivity index (χ1v) is 4.32. The van der Waals surface area contributed by atoms with Crippen LogP contribution in [0.1, 0.15) is 17.5 Å². The molecule has 0 fully saturated rings. The van der Waals surface area contributed by atoms with Crippen molar-refractivity contribution in [3.8, 4) is 0 Å². The van der Waals surface area contributed by atoms with E-state index in [1.54, 1.807) is 12.1 Å². The summed E-state index contributed by atoms with van der Waals surface area (Å²) in [7, 11) is 0. The molecule has 1 aliphatic heterocycles. The van der Waals surface area contributed by atoms with E-state index in [4.69, 9.17) is 0 Å². The zero-order chi connectivity index (χ0) is 9.47. The molecule has 1 aliphatic rings. The van der Waals surface area contributed by atoms with Crippen LogP contribution >= 0.6 is 0 Å². The topological polar surface area (TPSA) is 12.0 Å². The molecule has 3 heteroatoms. The maximum Gasteiger partial charge on any atom is 0.276 e. The number of rotatable bonds is 0. The van der Waals surface area contributed by atoms with Crippen LogP contribution in [0.4, 0.5) is 14.5 Å². The van der Waals surface area contributed by atoms with Crippen molar-refractivity contribution in [3.63, 3.8) is 0 Å². The van der Waals surface area contributed by atoms with Crippen LogP contribution in [0.2, 0.25) is 0 Å². The number of nitrogens with one attached hydrogen (secondary N) is 1. The molecule has 13 heavy (non-hydrogen) atoms. The number of fused-ring (bicyclic) bond motifs is 1. The van der Waals surface area contributed by atoms with Crippen LogP contribution in [-0.2, 0) is 5.92 Å². The van der Waals surface area contributed by atoms with Gasteiger partial charge in [-0.3, -0.25) is 0 Å². The fraction of sp³-hybridized carbons (Fsp3) is 0.400. The van der Waals surface area contributed by atoms with Gasteiger partial charge in [0.1, 0.15) is 0 Å². The minimum absolute atomic E-state index is 0.108. The van der Waals surface area contributed by atoms with Gasteiger partial charge in [0.25, 0.3) is 5.92 Å². The molecular weight excluding hydrogens is 172 g/mol. The minimum atomic E-state index is -2.66. The second-order valence-corrected chi connectivity index (χ2v) is 3.43. The third-order valence-corrected chi connectivity index (χ3v) is 2.32. The van der Waals surface area contributed by atoms with Crippen LogP contribution in [0, 0.1) is 6.92 Å². The Morgan fingerprint density at radius 2 is 2.15 bits per heavy atom. The van der Waals surface area contributed by atoms with E-state index in [0.717, 1.165) is 5.56 Å². The number of hydrogen-bond acceptors (Lipinski definition) is 1. The maximum absolute atomic E-state index is 13.3. The second-order valence-electron chi connectivity index (χ2n) is 3.43. The van der Waals surface area contributed by atoms with E-state index in [1.807, 2.05) is 6.92 Å². The van der Waals surface area contributed by atoms with E-state index < -0.39 is 5.92 Å². The molecule has 1 nitrogen and oxygen atoms in total. The zero-order valence-corrected chi connectivity index (χ0v) is 7.40. The number of alkyl halides is 2. The van der Waals surface area contributed by atoms with E-state index in [2.05, 4.69) is 5.32 Å². The third-order valence-electron chi connectivity index (χ3n) is 2.32. The Hall–Kier alpha value is -1.12. The first-order chi connectivity index (χ1) is 6.09. The summed E-state index contributed by atoms with van der Waals surface area (Å²) in [6.45, 7) is 2.25. The van der Waals surface area contributed by atoms with Crippen molar-refractivity contribution in [1.82, 2.24) is 0 Å². The van der Waals surface area contributed by atoms with E-state index in [1.165, 1.54) is 6.07 Å². The summed E-state index contributed by atoms with van der Waals surface area (Å²) in [6.07, 6.45) is -0.108. The van der Waals surface area contributed by atoms with Gasteiger partial charge in [-0.1, -0.05) is 12.1 Å². The largest absolute Gasteiger partial charge is 0.384 e. The van der Waals surface area contributed by atoms with E-state index in [-0.39, 0.29) is 12.0 Å². The Morgan fingerprint density at radius 3 is 2.92 bits per heavy atom. The molecule has 1 aromatic rings. The molecule has 2 rings (SSSR count). The Labute approximate surface area is 75.8 Å². The Balaban J connectivity index is 2.53. The lowest BCUT2D eigenvalue weighted by molar-refractivity contribution is -0.0122. The highest BCUT2D eigenvalue weighted by Crippen LogP contribution is 2.39. The lowest BCUT2D eigenvalue weighted by Crippen LogP contribution is -2.25. The quantitative estimate of drug-likeness (QED) is 0.652. The highest BCUT2D eigenvalue weighted by Gasteiger charge is 2.36. The number of anilines is 1. The highest BCUT2D eigenvalue weighted by atomic mass is 19.3. The maximum atomic E-state index is 13.3. The van der Waals surface area contributed by atoms with Crippen LogP contribution in [-0.4, -0.2) is 6.54 Å². The summed E-state index contributed by atoms with van der Waals surface area (Å²) in [4.78, 5) is 0. The van der Waals surface area contributed by atoms with Crippen molar-refractivity contribution >= 4 is 5.69 Å². The van der Waals surface area contributed by atoms with Crippen LogP contribution in [0.5, 0.6) is 0 Å². The third kappa shape index (κ3) is 1.39. The van der Waals surface area contributed by atoms with Gasteiger partial charge < -0.3 is 5.32 Å². The minimum Gasteiger partial charge on any atom is -0.384 e. The van der Waals surface area contributed by atoms with E-state index in [0.29, 0.717) is 12.2 Å². The van der Waals surface area contributed by atoms with Gasteiger partial charge in [-0.15, -0.1) is 0 Å². The Bertz CT molecular complexity index is 334. The molecule has 0 aromatic heterocycles. The molecule has 0 saturated heterocycles. The van der Waals surface area contributed by atoms with Crippen molar-refractivity contribution in [2.24, 2.45) is 0 Å². The molecule has 1 aromatic carbocycles. The molecule has 0 aliphatic carbocycles. The molecule has 0 bridgehead atoms. The van der Waals surface area contributed by atoms with Crippen molar-refractivity contribution < 1.29 is 8.78 Å². The summed E-state index contributed by atoms with van der Waals surface area (Å²) in [6, 6.07) is 5.00. The monoisotopic (exact) mass is 183 g/mol. The molecule has 0 saturated carbocycles. The first-order valence-electron chi connectivity index (χ1n) is 4.32. The van der Waals surface area contributed by atoms with Crippen LogP contribution < -0.4 is 5.32 Å². The lowest BCUT2D eigenvalue weighted by Gasteiger charge is -2.26. The SMILES string of the molecule is Cc1ccc2c(c1)NCCC2(F)F. The van der Waals surface area contributed by atoms with Crippen LogP contribution in [0.15, 0.2) is 18.2 Å². The number of benzene rings is 1. The van der Waals surface area contributed by atoms with E-state index in [9.17, 15) is 8.78 Å². The van der Waals surface area contributed by atoms with Gasteiger partial charge in [-0.25, -0.2) is 8.78 Å². The smallest absolute Gasteiger partial charge is 0.276 e. The predicted octanol–water partition coefficient (Wildman–Crippen LogP) is 2.90. The lowest BCUT2D eigenvalue weighted by atomic mass is 9.98. The van der Waals surface area contributed by atoms with Crippen LogP contribution in [0.3, 0.4) is 0 Å². The molecule has 1 N–H and O–H groups in total. The molecule has 0 amide bonds. The normalized spacial score (nSPS) is 19.0. The second kappa shape index (κ2) is 2.69. The fourth-order valence-corrected chi connectivity index (χ4v) is 1.61. The van der Waals surface area contributed by atoms with Gasteiger partial charge in [0.05, 0.1) is 0 Å². The predicted molar refractivity (Wildman–Crippen MR) is 48.2 cm³/mol. The number of hydrogen-bond donors (Lipinski definition) is 1. The summed E-state index contributed by atoms with van der Waals surface area (Å²) in [5.41, 5.74) is 1.71. The molecule has 70 valence electrons. The van der Waals surface area contributed by atoms with Gasteiger partial charge in [0, 0.05) is 24.2 Å². The Morgan fingerprint density at radius 1 is 1.38 bits per heavy atom. The van der Waals surface area contributed by atoms with Gasteiger partial charge >= 0.3 is 0 Å². The van der Waals surface area contributed by atoms with Gasteiger partial charge in [-0.2, -0.15) is 0 Å². The zero-order valence-electron chi connectivity index (χ0n) is 7.40. The first kappa shape index (κ1) is 8.48. The standard InChI is InChI=1S/C10H11F2N/c1-7-2-3-8-9(6-7)13-5-4-10(8,11)12/h2-3,6,13H,4-5H2,1H3. The number of halogens is 2. The number of aryl methyl sites for hydroxylation is 1.